The molecule has 0 saturated heterocycles. The lowest BCUT2D eigenvalue weighted by molar-refractivity contribution is 0.0690. The van der Waals surface area contributed by atoms with Gasteiger partial charge in [-0.1, -0.05) is 6.07 Å². The molecule has 94 valence electrons. The molecule has 0 aliphatic carbocycles. The zero-order chi connectivity index (χ0) is 13.7. The highest BCUT2D eigenvalue weighted by Crippen LogP contribution is 2.10. The Labute approximate surface area is 108 Å². The predicted molar refractivity (Wildman–Crippen MR) is 65.3 cm³/mol. The van der Waals surface area contributed by atoms with Gasteiger partial charge in [0.05, 0.1) is 11.8 Å². The Morgan fingerprint density at radius 2 is 2.26 bits per heavy atom. The molecule has 2 N–H and O–H groups in total. The quantitative estimate of drug-likeness (QED) is 0.839. The van der Waals surface area contributed by atoms with E-state index in [9.17, 15) is 4.79 Å². The highest BCUT2D eigenvalue weighted by atomic mass is 16.4. The highest BCUT2D eigenvalue weighted by Gasteiger charge is 2.05. The van der Waals surface area contributed by atoms with Gasteiger partial charge in [0.25, 0.3) is 0 Å². The third-order valence-electron chi connectivity index (χ3n) is 2.34. The van der Waals surface area contributed by atoms with E-state index in [2.05, 4.69) is 20.5 Å². The lowest BCUT2D eigenvalue weighted by atomic mass is 10.2. The normalized spacial score (nSPS) is 9.63. The molecule has 0 fully saturated rings. The zero-order valence-corrected chi connectivity index (χ0v) is 9.74. The van der Waals surface area contributed by atoms with Crippen molar-refractivity contribution in [2.24, 2.45) is 0 Å². The van der Waals surface area contributed by atoms with Crippen LogP contribution in [0.5, 0.6) is 0 Å². The van der Waals surface area contributed by atoms with Gasteiger partial charge in [-0.2, -0.15) is 10.4 Å². The first kappa shape index (κ1) is 12.4. The van der Waals surface area contributed by atoms with Crippen LogP contribution in [0.1, 0.15) is 21.6 Å². The Morgan fingerprint density at radius 3 is 2.89 bits per heavy atom. The van der Waals surface area contributed by atoms with Crippen LogP contribution in [-0.2, 0) is 6.54 Å². The maximum atomic E-state index is 10.6. The van der Waals surface area contributed by atoms with Crippen molar-refractivity contribution in [1.82, 2.24) is 15.2 Å². The molecule has 7 nitrogen and oxygen atoms in total. The number of carboxylic acid groups (broad SMARTS) is 1. The maximum Gasteiger partial charge on any atom is 0.354 e. The minimum Gasteiger partial charge on any atom is -0.477 e. The van der Waals surface area contributed by atoms with Crippen LogP contribution in [0.15, 0.2) is 30.6 Å². The number of pyridine rings is 1. The van der Waals surface area contributed by atoms with Gasteiger partial charge in [-0.15, -0.1) is 5.10 Å². The first-order chi connectivity index (χ1) is 9.20. The van der Waals surface area contributed by atoms with E-state index in [-0.39, 0.29) is 5.69 Å². The summed E-state index contributed by atoms with van der Waals surface area (Å²) in [5.41, 5.74) is 1.16. The molecule has 2 aromatic heterocycles. The molecule has 2 aromatic rings. The van der Waals surface area contributed by atoms with Crippen LogP contribution < -0.4 is 5.32 Å². The number of nitriles is 1. The van der Waals surface area contributed by atoms with E-state index < -0.39 is 5.97 Å². The van der Waals surface area contributed by atoms with Gasteiger partial charge in [0.15, 0.2) is 5.82 Å². The van der Waals surface area contributed by atoms with Gasteiger partial charge in [0, 0.05) is 12.7 Å². The number of rotatable bonds is 4. The Balaban J connectivity index is 2.06. The minimum absolute atomic E-state index is 0.0130. The van der Waals surface area contributed by atoms with E-state index in [1.807, 2.05) is 6.07 Å². The molecule has 0 atom stereocenters. The second-order valence-electron chi connectivity index (χ2n) is 3.62. The van der Waals surface area contributed by atoms with Crippen molar-refractivity contribution in [3.8, 4) is 6.07 Å². The van der Waals surface area contributed by atoms with E-state index in [0.29, 0.717) is 17.9 Å². The first-order valence-corrected chi connectivity index (χ1v) is 5.34. The van der Waals surface area contributed by atoms with Crippen LogP contribution in [0, 0.1) is 11.3 Å². The highest BCUT2D eigenvalue weighted by molar-refractivity contribution is 5.85. The molecule has 2 rings (SSSR count). The Kier molecular flexibility index (Phi) is 3.64. The summed E-state index contributed by atoms with van der Waals surface area (Å²) in [7, 11) is 0. The fraction of sp³-hybridized carbons (Fsp3) is 0.0833. The van der Waals surface area contributed by atoms with E-state index in [0.717, 1.165) is 5.56 Å². The maximum absolute atomic E-state index is 10.6. The summed E-state index contributed by atoms with van der Waals surface area (Å²) in [4.78, 5) is 14.4. The van der Waals surface area contributed by atoms with Crippen molar-refractivity contribution < 1.29 is 9.90 Å². The number of carbonyl (C=O) groups is 1. The molecule has 0 saturated carbocycles. The molecule has 0 radical (unpaired) electrons. The number of hydrogen-bond acceptors (Lipinski definition) is 6. The third-order valence-corrected chi connectivity index (χ3v) is 2.34. The zero-order valence-electron chi connectivity index (χ0n) is 9.74. The molecule has 0 aliphatic heterocycles. The van der Waals surface area contributed by atoms with E-state index in [1.54, 1.807) is 12.1 Å². The molecule has 2 heterocycles. The minimum atomic E-state index is -1.07. The number of carboxylic acids is 1. The van der Waals surface area contributed by atoms with Gasteiger partial charge < -0.3 is 10.4 Å². The van der Waals surface area contributed by atoms with Crippen molar-refractivity contribution in [3.63, 3.8) is 0 Å². The Bertz CT molecular complexity index is 633. The molecule has 0 amide bonds. The molecule has 0 spiro atoms. The van der Waals surface area contributed by atoms with E-state index >= 15 is 0 Å². The van der Waals surface area contributed by atoms with E-state index in [1.165, 1.54) is 18.5 Å². The lowest BCUT2D eigenvalue weighted by Gasteiger charge is -2.05. The van der Waals surface area contributed by atoms with Crippen LogP contribution in [0.3, 0.4) is 0 Å². The summed E-state index contributed by atoms with van der Waals surface area (Å²) in [6, 6.07) is 6.62. The van der Waals surface area contributed by atoms with Gasteiger partial charge in [-0.25, -0.2) is 9.78 Å². The topological polar surface area (TPSA) is 112 Å². The molecule has 0 aromatic carbocycles. The standard InChI is InChI=1S/C12H9N5O2/c13-5-9-3-4-16-17-11(9)15-7-8-1-2-10(12(18)19)14-6-8/h1-4,6H,7H2,(H,15,17)(H,18,19). The van der Waals surface area contributed by atoms with Crippen molar-refractivity contribution >= 4 is 11.8 Å². The number of aromatic nitrogens is 3. The summed E-state index contributed by atoms with van der Waals surface area (Å²) in [5.74, 6) is -0.687. The number of nitrogens with zero attached hydrogens (tertiary/aromatic N) is 4. The van der Waals surface area contributed by atoms with Crippen molar-refractivity contribution in [1.29, 1.82) is 5.26 Å². The van der Waals surface area contributed by atoms with Crippen LogP contribution in [-0.4, -0.2) is 26.3 Å². The molecular weight excluding hydrogens is 246 g/mol. The number of nitrogens with one attached hydrogen (secondary N) is 1. The fourth-order valence-corrected chi connectivity index (χ4v) is 1.39. The number of anilines is 1. The third kappa shape index (κ3) is 3.01. The summed E-state index contributed by atoms with van der Waals surface area (Å²) in [5, 5.41) is 28.0. The average molecular weight is 255 g/mol. The van der Waals surface area contributed by atoms with Crippen molar-refractivity contribution in [2.45, 2.75) is 6.54 Å². The van der Waals surface area contributed by atoms with Crippen LogP contribution in [0.2, 0.25) is 0 Å². The lowest BCUT2D eigenvalue weighted by Crippen LogP contribution is -2.06. The summed E-state index contributed by atoms with van der Waals surface area (Å²) in [6.45, 7) is 0.375. The van der Waals surface area contributed by atoms with Gasteiger partial charge in [-0.05, 0) is 17.7 Å². The van der Waals surface area contributed by atoms with E-state index in [4.69, 9.17) is 10.4 Å². The van der Waals surface area contributed by atoms with Crippen molar-refractivity contribution in [3.05, 3.63) is 47.4 Å². The molecule has 0 bridgehead atoms. The molecule has 0 unspecified atom stereocenters. The van der Waals surface area contributed by atoms with Crippen LogP contribution >= 0.6 is 0 Å². The van der Waals surface area contributed by atoms with Crippen LogP contribution in [0.25, 0.3) is 0 Å². The molecular formula is C12H9N5O2. The van der Waals surface area contributed by atoms with Gasteiger partial charge >= 0.3 is 5.97 Å². The molecule has 0 aliphatic rings. The molecule has 7 heteroatoms. The molecule has 19 heavy (non-hydrogen) atoms. The second kappa shape index (κ2) is 5.55. The SMILES string of the molecule is N#Cc1ccnnc1NCc1ccc(C(=O)O)nc1. The number of aromatic carboxylic acids is 1. The second-order valence-corrected chi connectivity index (χ2v) is 3.62. The van der Waals surface area contributed by atoms with Crippen molar-refractivity contribution in [2.75, 3.05) is 5.32 Å². The monoisotopic (exact) mass is 255 g/mol. The Morgan fingerprint density at radius 1 is 1.42 bits per heavy atom. The number of hydrogen-bond donors (Lipinski definition) is 2. The summed E-state index contributed by atoms with van der Waals surface area (Å²) in [6.07, 6.45) is 2.89. The summed E-state index contributed by atoms with van der Waals surface area (Å²) < 4.78 is 0. The summed E-state index contributed by atoms with van der Waals surface area (Å²) >= 11 is 0. The predicted octanol–water partition coefficient (Wildman–Crippen LogP) is 1.05. The first-order valence-electron chi connectivity index (χ1n) is 5.34. The van der Waals surface area contributed by atoms with Crippen LogP contribution in [0.4, 0.5) is 5.82 Å². The average Bonchev–Trinajstić information content (AvgIpc) is 2.45. The van der Waals surface area contributed by atoms with Gasteiger partial charge in [0.1, 0.15) is 11.8 Å². The smallest absolute Gasteiger partial charge is 0.354 e. The fourth-order valence-electron chi connectivity index (χ4n) is 1.39. The largest absolute Gasteiger partial charge is 0.477 e. The van der Waals surface area contributed by atoms with Gasteiger partial charge in [0.2, 0.25) is 0 Å². The Hall–Kier alpha value is -3.01. The van der Waals surface area contributed by atoms with Gasteiger partial charge in [-0.3, -0.25) is 0 Å².